The zero-order chi connectivity index (χ0) is 12.3. The zero-order valence-corrected chi connectivity index (χ0v) is 10.9. The molecule has 0 atom stereocenters. The Kier molecular flexibility index (Phi) is 3.82. The van der Waals surface area contributed by atoms with Gasteiger partial charge in [0.15, 0.2) is 0 Å². The number of hydrogen-bond donors (Lipinski definition) is 1. The molecule has 0 fully saturated rings. The minimum Gasteiger partial charge on any atom is -0.326 e. The van der Waals surface area contributed by atoms with Gasteiger partial charge >= 0.3 is 0 Å². The lowest BCUT2D eigenvalue weighted by Crippen LogP contribution is -2.14. The van der Waals surface area contributed by atoms with Crippen molar-refractivity contribution in [3.8, 4) is 0 Å². The van der Waals surface area contributed by atoms with Gasteiger partial charge in [0.05, 0.1) is 6.42 Å². The number of carbonyl (C=O) groups is 1. The lowest BCUT2D eigenvalue weighted by atomic mass is 10.2. The maximum absolute atomic E-state index is 11.8. The normalized spacial score (nSPS) is 10.2. The van der Waals surface area contributed by atoms with Gasteiger partial charge in [-0.15, -0.1) is 0 Å². The second-order valence-corrected chi connectivity index (χ2v) is 4.96. The fourth-order valence-electron chi connectivity index (χ4n) is 1.52. The van der Waals surface area contributed by atoms with Crippen LogP contribution < -0.4 is 5.32 Å². The summed E-state index contributed by atoms with van der Waals surface area (Å²) >= 11 is 7.58. The first-order chi connectivity index (χ1) is 8.16. The molecule has 1 amide bonds. The lowest BCUT2D eigenvalue weighted by Gasteiger charge is -2.08. The maximum atomic E-state index is 11.8. The summed E-state index contributed by atoms with van der Waals surface area (Å²) in [7, 11) is 0. The molecule has 1 aromatic carbocycles. The Balaban J connectivity index is 2.06. The molecule has 2 nitrogen and oxygen atoms in total. The zero-order valence-electron chi connectivity index (χ0n) is 9.37. The van der Waals surface area contributed by atoms with Gasteiger partial charge in [-0.3, -0.25) is 4.79 Å². The quantitative estimate of drug-likeness (QED) is 0.896. The van der Waals surface area contributed by atoms with Crippen molar-refractivity contribution in [2.75, 3.05) is 5.32 Å². The molecule has 0 aliphatic carbocycles. The van der Waals surface area contributed by atoms with Gasteiger partial charge in [0.1, 0.15) is 0 Å². The standard InChI is InChI=1S/C13H12ClNOS/c1-9-11(14)3-2-4-12(9)15-13(16)7-10-5-6-17-8-10/h2-6,8H,7H2,1H3,(H,15,16). The van der Waals surface area contributed by atoms with E-state index in [4.69, 9.17) is 11.6 Å². The van der Waals surface area contributed by atoms with E-state index in [0.717, 1.165) is 16.8 Å². The number of nitrogens with one attached hydrogen (secondary N) is 1. The Bertz CT molecular complexity index is 522. The molecule has 0 radical (unpaired) electrons. The summed E-state index contributed by atoms with van der Waals surface area (Å²) in [5, 5.41) is 7.48. The highest BCUT2D eigenvalue weighted by Gasteiger charge is 2.07. The molecule has 0 bridgehead atoms. The Labute approximate surface area is 109 Å². The first-order valence-corrected chi connectivity index (χ1v) is 6.55. The van der Waals surface area contributed by atoms with Gasteiger partial charge in [0.25, 0.3) is 0 Å². The molecule has 1 heterocycles. The first kappa shape index (κ1) is 12.1. The summed E-state index contributed by atoms with van der Waals surface area (Å²) in [5.74, 6) is -0.0197. The van der Waals surface area contributed by atoms with E-state index in [1.807, 2.05) is 41.9 Å². The molecular weight excluding hydrogens is 254 g/mol. The number of halogens is 1. The molecule has 0 saturated heterocycles. The average Bonchev–Trinajstić information content (AvgIpc) is 2.77. The van der Waals surface area contributed by atoms with Crippen LogP contribution in [0.15, 0.2) is 35.0 Å². The Morgan fingerprint density at radius 3 is 2.94 bits per heavy atom. The summed E-state index contributed by atoms with van der Waals surface area (Å²) in [6.45, 7) is 1.89. The Hall–Kier alpha value is -1.32. The number of carbonyl (C=O) groups excluding carboxylic acids is 1. The van der Waals surface area contributed by atoms with Gasteiger partial charge in [-0.25, -0.2) is 0 Å². The van der Waals surface area contributed by atoms with Crippen molar-refractivity contribution < 1.29 is 4.79 Å². The van der Waals surface area contributed by atoms with Crippen LogP contribution in [-0.4, -0.2) is 5.91 Å². The predicted octanol–water partition coefficient (Wildman–Crippen LogP) is 3.89. The molecular formula is C13H12ClNOS. The molecule has 1 N–H and O–H groups in total. The van der Waals surface area contributed by atoms with Gasteiger partial charge in [-0.05, 0) is 47.0 Å². The van der Waals surface area contributed by atoms with Crippen molar-refractivity contribution in [2.24, 2.45) is 0 Å². The maximum Gasteiger partial charge on any atom is 0.228 e. The smallest absolute Gasteiger partial charge is 0.228 e. The third-order valence-corrected chi connectivity index (χ3v) is 3.63. The van der Waals surface area contributed by atoms with Gasteiger partial charge in [-0.2, -0.15) is 11.3 Å². The average molecular weight is 266 g/mol. The summed E-state index contributed by atoms with van der Waals surface area (Å²) in [6, 6.07) is 7.45. The van der Waals surface area contributed by atoms with Crippen LogP contribution in [0.4, 0.5) is 5.69 Å². The number of benzene rings is 1. The lowest BCUT2D eigenvalue weighted by molar-refractivity contribution is -0.115. The number of anilines is 1. The van der Waals surface area contributed by atoms with Crippen LogP contribution in [0.1, 0.15) is 11.1 Å². The summed E-state index contributed by atoms with van der Waals surface area (Å²) in [4.78, 5) is 11.8. The number of amides is 1. The van der Waals surface area contributed by atoms with Crippen molar-refractivity contribution in [2.45, 2.75) is 13.3 Å². The van der Waals surface area contributed by atoms with Crippen LogP contribution in [0.3, 0.4) is 0 Å². The highest BCUT2D eigenvalue weighted by atomic mass is 35.5. The highest BCUT2D eigenvalue weighted by Crippen LogP contribution is 2.23. The number of hydrogen-bond acceptors (Lipinski definition) is 2. The molecule has 0 spiro atoms. The van der Waals surface area contributed by atoms with E-state index in [0.29, 0.717) is 11.4 Å². The second kappa shape index (κ2) is 5.34. The van der Waals surface area contributed by atoms with Crippen LogP contribution in [-0.2, 0) is 11.2 Å². The molecule has 17 heavy (non-hydrogen) atoms. The minimum absolute atomic E-state index is 0.0197. The molecule has 1 aromatic heterocycles. The highest BCUT2D eigenvalue weighted by molar-refractivity contribution is 7.08. The predicted molar refractivity (Wildman–Crippen MR) is 72.8 cm³/mol. The van der Waals surface area contributed by atoms with E-state index in [1.165, 1.54) is 0 Å². The van der Waals surface area contributed by atoms with Crippen LogP contribution >= 0.6 is 22.9 Å². The molecule has 0 aliphatic heterocycles. The van der Waals surface area contributed by atoms with Crippen molar-refractivity contribution >= 4 is 34.5 Å². The first-order valence-electron chi connectivity index (χ1n) is 5.23. The third-order valence-electron chi connectivity index (χ3n) is 2.49. The number of rotatable bonds is 3. The topological polar surface area (TPSA) is 29.1 Å². The van der Waals surface area contributed by atoms with E-state index in [2.05, 4.69) is 5.32 Å². The fourth-order valence-corrected chi connectivity index (χ4v) is 2.36. The minimum atomic E-state index is -0.0197. The van der Waals surface area contributed by atoms with Gasteiger partial charge < -0.3 is 5.32 Å². The number of thiophene rings is 1. The molecule has 0 saturated carbocycles. The Morgan fingerprint density at radius 2 is 2.24 bits per heavy atom. The molecule has 2 rings (SSSR count). The molecule has 4 heteroatoms. The second-order valence-electron chi connectivity index (χ2n) is 3.77. The van der Waals surface area contributed by atoms with Crippen LogP contribution in [0.25, 0.3) is 0 Å². The summed E-state index contributed by atoms with van der Waals surface area (Å²) in [5.41, 5.74) is 2.71. The van der Waals surface area contributed by atoms with Crippen LogP contribution in [0, 0.1) is 6.92 Å². The Morgan fingerprint density at radius 1 is 1.41 bits per heavy atom. The van der Waals surface area contributed by atoms with Crippen LogP contribution in [0.5, 0.6) is 0 Å². The molecule has 0 unspecified atom stereocenters. The summed E-state index contributed by atoms with van der Waals surface area (Å²) in [6.07, 6.45) is 0.398. The van der Waals surface area contributed by atoms with Gasteiger partial charge in [0.2, 0.25) is 5.91 Å². The third kappa shape index (κ3) is 3.08. The molecule has 0 aliphatic rings. The fraction of sp³-hybridized carbons (Fsp3) is 0.154. The van der Waals surface area contributed by atoms with E-state index in [9.17, 15) is 4.79 Å². The van der Waals surface area contributed by atoms with Crippen molar-refractivity contribution in [3.05, 3.63) is 51.2 Å². The molecule has 88 valence electrons. The molecule has 2 aromatic rings. The van der Waals surface area contributed by atoms with Crippen molar-refractivity contribution in [1.29, 1.82) is 0 Å². The van der Waals surface area contributed by atoms with E-state index in [1.54, 1.807) is 11.3 Å². The van der Waals surface area contributed by atoms with Gasteiger partial charge in [0, 0.05) is 10.7 Å². The largest absolute Gasteiger partial charge is 0.326 e. The monoisotopic (exact) mass is 265 g/mol. The van der Waals surface area contributed by atoms with E-state index >= 15 is 0 Å². The van der Waals surface area contributed by atoms with Crippen molar-refractivity contribution in [3.63, 3.8) is 0 Å². The summed E-state index contributed by atoms with van der Waals surface area (Å²) < 4.78 is 0. The van der Waals surface area contributed by atoms with Crippen molar-refractivity contribution in [1.82, 2.24) is 0 Å². The van der Waals surface area contributed by atoms with Gasteiger partial charge in [-0.1, -0.05) is 17.7 Å². The van der Waals surface area contributed by atoms with Crippen LogP contribution in [0.2, 0.25) is 5.02 Å². The van der Waals surface area contributed by atoms with E-state index in [-0.39, 0.29) is 5.91 Å². The van der Waals surface area contributed by atoms with E-state index < -0.39 is 0 Å². The SMILES string of the molecule is Cc1c(Cl)cccc1NC(=O)Cc1ccsc1.